The van der Waals surface area contributed by atoms with Gasteiger partial charge < -0.3 is 10.6 Å². The van der Waals surface area contributed by atoms with Crippen molar-refractivity contribution in [2.24, 2.45) is 0 Å². The van der Waals surface area contributed by atoms with Crippen LogP contribution in [0.1, 0.15) is 28.8 Å². The van der Waals surface area contributed by atoms with Crippen molar-refractivity contribution in [2.45, 2.75) is 25.4 Å². The number of nitrogens with two attached hydrogens (primary N) is 1. The van der Waals surface area contributed by atoms with Crippen LogP contribution in [0.3, 0.4) is 0 Å². The fourth-order valence-corrected chi connectivity index (χ4v) is 4.11. The molecule has 1 aromatic heterocycles. The van der Waals surface area contributed by atoms with E-state index in [0.29, 0.717) is 24.2 Å². The first-order valence-corrected chi connectivity index (χ1v) is 9.68. The van der Waals surface area contributed by atoms with Crippen LogP contribution >= 0.6 is 12.4 Å². The molecule has 31 heavy (non-hydrogen) atoms. The Balaban J connectivity index is 0.00000231. The van der Waals surface area contributed by atoms with Crippen molar-refractivity contribution >= 4 is 35.8 Å². The lowest BCUT2D eigenvalue weighted by atomic mass is 10.0. The summed E-state index contributed by atoms with van der Waals surface area (Å²) in [5.74, 6) is -0.165. The summed E-state index contributed by atoms with van der Waals surface area (Å²) in [6.45, 7) is 0.327. The molecule has 0 aliphatic carbocycles. The van der Waals surface area contributed by atoms with E-state index >= 15 is 0 Å². The number of carbonyl (C=O) groups excluding carboxylic acids is 3. The number of piperidine rings is 1. The van der Waals surface area contributed by atoms with Crippen molar-refractivity contribution in [1.82, 2.24) is 19.8 Å². The van der Waals surface area contributed by atoms with Gasteiger partial charge in [-0.25, -0.2) is 4.98 Å². The van der Waals surface area contributed by atoms with Crippen molar-refractivity contribution in [3.05, 3.63) is 66.0 Å². The molecule has 0 bridgehead atoms. The highest BCUT2D eigenvalue weighted by Gasteiger charge is 2.39. The summed E-state index contributed by atoms with van der Waals surface area (Å²) >= 11 is 0. The molecule has 1 fully saturated rings. The molecule has 8 nitrogen and oxygen atoms in total. The van der Waals surface area contributed by atoms with Crippen molar-refractivity contribution in [2.75, 3.05) is 5.73 Å². The second kappa shape index (κ2) is 7.88. The Morgan fingerprint density at radius 3 is 2.71 bits per heavy atom. The molecule has 0 spiro atoms. The Kier molecular flexibility index (Phi) is 5.24. The summed E-state index contributed by atoms with van der Waals surface area (Å²) in [4.78, 5) is 42.6. The Morgan fingerprint density at radius 1 is 1.10 bits per heavy atom. The lowest BCUT2D eigenvalue weighted by Gasteiger charge is -2.29. The van der Waals surface area contributed by atoms with E-state index in [2.05, 4.69) is 10.3 Å². The molecule has 1 atom stereocenters. The van der Waals surface area contributed by atoms with Crippen molar-refractivity contribution in [3.63, 3.8) is 0 Å². The van der Waals surface area contributed by atoms with Gasteiger partial charge in [0.25, 0.3) is 5.91 Å². The van der Waals surface area contributed by atoms with Gasteiger partial charge in [0.05, 0.1) is 0 Å². The quantitative estimate of drug-likeness (QED) is 0.482. The molecule has 1 unspecified atom stereocenters. The fourth-order valence-electron chi connectivity index (χ4n) is 4.11. The van der Waals surface area contributed by atoms with Crippen LogP contribution in [0.5, 0.6) is 0 Å². The number of carbonyl (C=O) groups is 3. The number of imidazole rings is 1. The predicted octanol–water partition coefficient (Wildman–Crippen LogP) is 2.30. The smallest absolute Gasteiger partial charge is 0.255 e. The number of amides is 3. The SMILES string of the molecule is Cl.Nc1cccc(-n2ccnc2-c2ccc3c(c2)CN(C2CCC(=O)NC2=O)C3=O)c1. The van der Waals surface area contributed by atoms with Crippen molar-refractivity contribution < 1.29 is 14.4 Å². The van der Waals surface area contributed by atoms with Gasteiger partial charge in [-0.05, 0) is 42.3 Å². The van der Waals surface area contributed by atoms with Crippen LogP contribution < -0.4 is 11.1 Å². The topological polar surface area (TPSA) is 110 Å². The number of aromatic nitrogens is 2. The van der Waals surface area contributed by atoms with Crippen LogP contribution in [0.2, 0.25) is 0 Å². The van der Waals surface area contributed by atoms with Crippen LogP contribution in [-0.2, 0) is 16.1 Å². The first kappa shape index (κ1) is 20.6. The lowest BCUT2D eigenvalue weighted by Crippen LogP contribution is -2.52. The van der Waals surface area contributed by atoms with Gasteiger partial charge in [0.2, 0.25) is 11.8 Å². The molecule has 3 N–H and O–H groups in total. The lowest BCUT2D eigenvalue weighted by molar-refractivity contribution is -0.136. The maximum atomic E-state index is 12.9. The standard InChI is InChI=1S/C22H19N5O3.ClH/c23-15-2-1-3-16(11-15)26-9-8-24-20(26)13-4-5-17-14(10-13)12-27(22(17)30)18-6-7-19(28)25-21(18)29;/h1-5,8-11,18H,6-7,12,23H2,(H,25,28,29);1H. The van der Waals surface area contributed by atoms with E-state index in [1.807, 2.05) is 47.2 Å². The molecule has 3 aromatic rings. The van der Waals surface area contributed by atoms with Gasteiger partial charge in [0.15, 0.2) is 0 Å². The molecule has 0 radical (unpaired) electrons. The van der Waals surface area contributed by atoms with Crippen LogP contribution in [0, 0.1) is 0 Å². The minimum atomic E-state index is -0.625. The molecule has 2 aliphatic heterocycles. The average molecular weight is 438 g/mol. The highest BCUT2D eigenvalue weighted by Crippen LogP contribution is 2.31. The van der Waals surface area contributed by atoms with Gasteiger partial charge in [-0.15, -0.1) is 12.4 Å². The van der Waals surface area contributed by atoms with Crippen molar-refractivity contribution in [1.29, 1.82) is 0 Å². The van der Waals surface area contributed by atoms with E-state index in [0.717, 1.165) is 22.6 Å². The molecule has 5 rings (SSSR count). The number of halogens is 1. The van der Waals surface area contributed by atoms with Gasteiger partial charge in [-0.1, -0.05) is 12.1 Å². The minimum Gasteiger partial charge on any atom is -0.399 e. The zero-order chi connectivity index (χ0) is 20.8. The van der Waals surface area contributed by atoms with E-state index in [4.69, 9.17) is 5.73 Å². The van der Waals surface area contributed by atoms with E-state index in [9.17, 15) is 14.4 Å². The van der Waals surface area contributed by atoms with Gasteiger partial charge in [-0.3, -0.25) is 24.3 Å². The predicted molar refractivity (Wildman–Crippen MR) is 117 cm³/mol. The monoisotopic (exact) mass is 437 g/mol. The van der Waals surface area contributed by atoms with Crippen molar-refractivity contribution in [3.8, 4) is 17.1 Å². The van der Waals surface area contributed by atoms with Gasteiger partial charge in [-0.2, -0.15) is 0 Å². The van der Waals surface area contributed by atoms with Crippen LogP contribution in [0.25, 0.3) is 17.1 Å². The molecule has 2 aliphatic rings. The van der Waals surface area contributed by atoms with Gasteiger partial charge >= 0.3 is 0 Å². The third-order valence-corrected chi connectivity index (χ3v) is 5.57. The molecular formula is C22H20ClN5O3. The maximum absolute atomic E-state index is 12.9. The van der Waals surface area contributed by atoms with Gasteiger partial charge in [0, 0.05) is 47.9 Å². The number of nitrogens with zero attached hydrogens (tertiary/aromatic N) is 3. The highest BCUT2D eigenvalue weighted by molar-refractivity contribution is 6.05. The number of nitrogen functional groups attached to an aromatic ring is 1. The Bertz CT molecular complexity index is 1210. The second-order valence-corrected chi connectivity index (χ2v) is 7.49. The summed E-state index contributed by atoms with van der Waals surface area (Å²) in [5, 5.41) is 2.32. The number of imide groups is 1. The third kappa shape index (κ3) is 3.55. The Hall–Kier alpha value is -3.65. The molecular weight excluding hydrogens is 418 g/mol. The first-order chi connectivity index (χ1) is 14.5. The molecule has 158 valence electrons. The fraction of sp³-hybridized carbons (Fsp3) is 0.182. The summed E-state index contributed by atoms with van der Waals surface area (Å²) in [6, 6.07) is 12.5. The zero-order valence-electron chi connectivity index (χ0n) is 16.4. The number of rotatable bonds is 3. The molecule has 2 aromatic carbocycles. The third-order valence-electron chi connectivity index (χ3n) is 5.57. The molecule has 1 saturated heterocycles. The zero-order valence-corrected chi connectivity index (χ0v) is 17.3. The van der Waals surface area contributed by atoms with E-state index in [1.54, 1.807) is 17.2 Å². The largest absolute Gasteiger partial charge is 0.399 e. The maximum Gasteiger partial charge on any atom is 0.255 e. The van der Waals surface area contributed by atoms with Gasteiger partial charge in [0.1, 0.15) is 11.9 Å². The summed E-state index contributed by atoms with van der Waals surface area (Å²) < 4.78 is 1.94. The number of hydrogen-bond donors (Lipinski definition) is 2. The molecule has 0 saturated carbocycles. The summed E-state index contributed by atoms with van der Waals surface area (Å²) in [5.41, 5.74) is 9.74. The van der Waals surface area contributed by atoms with Crippen LogP contribution in [0.15, 0.2) is 54.9 Å². The van der Waals surface area contributed by atoms with Crippen LogP contribution in [-0.4, -0.2) is 38.2 Å². The molecule has 9 heteroatoms. The minimum absolute atomic E-state index is 0. The van der Waals surface area contributed by atoms with Crippen LogP contribution in [0.4, 0.5) is 5.69 Å². The summed E-state index contributed by atoms with van der Waals surface area (Å²) in [6.07, 6.45) is 4.15. The van der Waals surface area contributed by atoms with E-state index in [1.165, 1.54) is 0 Å². The number of anilines is 1. The Morgan fingerprint density at radius 2 is 1.94 bits per heavy atom. The summed E-state index contributed by atoms with van der Waals surface area (Å²) in [7, 11) is 0. The average Bonchev–Trinajstić information content (AvgIpc) is 3.33. The normalized spacial score (nSPS) is 17.9. The first-order valence-electron chi connectivity index (χ1n) is 9.68. The number of nitrogens with one attached hydrogen (secondary N) is 1. The van der Waals surface area contributed by atoms with E-state index in [-0.39, 0.29) is 30.6 Å². The molecule has 3 amide bonds. The molecule has 3 heterocycles. The highest BCUT2D eigenvalue weighted by atomic mass is 35.5. The Labute approximate surface area is 184 Å². The number of fused-ring (bicyclic) bond motifs is 1. The number of hydrogen-bond acceptors (Lipinski definition) is 5. The number of benzene rings is 2. The second-order valence-electron chi connectivity index (χ2n) is 7.49. The van der Waals surface area contributed by atoms with E-state index < -0.39 is 11.9 Å².